The van der Waals surface area contributed by atoms with Crippen molar-refractivity contribution in [3.05, 3.63) is 47.8 Å². The lowest BCUT2D eigenvalue weighted by molar-refractivity contribution is -0.141. The molecule has 0 saturated carbocycles. The summed E-state index contributed by atoms with van der Waals surface area (Å²) in [6, 6.07) is 7.90. The van der Waals surface area contributed by atoms with Gasteiger partial charge < -0.3 is 4.74 Å². The highest BCUT2D eigenvalue weighted by Crippen LogP contribution is 2.27. The Labute approximate surface area is 135 Å². The van der Waals surface area contributed by atoms with Crippen molar-refractivity contribution in [1.29, 1.82) is 0 Å². The number of carbonyl (C=O) groups is 1. The number of alkyl halides is 3. The van der Waals surface area contributed by atoms with Gasteiger partial charge in [-0.1, -0.05) is 12.1 Å². The smallest absolute Gasteiger partial charge is 0.435 e. The highest BCUT2D eigenvalue weighted by atomic mass is 19.4. The first-order valence-corrected chi connectivity index (χ1v) is 7.04. The summed E-state index contributed by atoms with van der Waals surface area (Å²) >= 11 is 0. The number of nitrogens with one attached hydrogen (secondary N) is 1. The molecule has 9 heteroatoms. The molecule has 6 nitrogen and oxygen atoms in total. The van der Waals surface area contributed by atoms with Gasteiger partial charge in [0, 0.05) is 11.8 Å². The predicted molar refractivity (Wildman–Crippen MR) is 80.6 cm³/mol. The van der Waals surface area contributed by atoms with E-state index in [0.29, 0.717) is 17.9 Å². The minimum Gasteiger partial charge on any atom is -0.493 e. The Bertz CT molecular complexity index is 726. The number of hydrazone groups is 1. The molecule has 0 bridgehead atoms. The fourth-order valence-corrected chi connectivity index (χ4v) is 1.83. The van der Waals surface area contributed by atoms with Gasteiger partial charge in [-0.05, 0) is 25.1 Å². The van der Waals surface area contributed by atoms with Crippen LogP contribution in [0.1, 0.15) is 18.2 Å². The van der Waals surface area contributed by atoms with Crippen LogP contribution in [0.25, 0.3) is 0 Å². The number of nitrogens with zero attached hydrogens (tertiary/aromatic N) is 3. The lowest BCUT2D eigenvalue weighted by Crippen LogP contribution is -2.23. The summed E-state index contributed by atoms with van der Waals surface area (Å²) in [6.07, 6.45) is -2.06. The largest absolute Gasteiger partial charge is 0.493 e. The molecule has 128 valence electrons. The molecule has 0 unspecified atom stereocenters. The second-order valence-corrected chi connectivity index (χ2v) is 4.66. The zero-order valence-corrected chi connectivity index (χ0v) is 12.7. The Kier molecular flexibility index (Phi) is 5.56. The van der Waals surface area contributed by atoms with Gasteiger partial charge in [0.2, 0.25) is 0 Å². The average molecular weight is 340 g/mol. The van der Waals surface area contributed by atoms with Gasteiger partial charge >= 0.3 is 6.18 Å². The Morgan fingerprint density at radius 1 is 1.38 bits per heavy atom. The minimum atomic E-state index is -4.54. The number of carbonyl (C=O) groups excluding carboxylic acids is 1. The van der Waals surface area contributed by atoms with E-state index in [9.17, 15) is 18.0 Å². The van der Waals surface area contributed by atoms with Gasteiger partial charge in [0.1, 0.15) is 12.3 Å². The number of aromatic nitrogens is 2. The van der Waals surface area contributed by atoms with E-state index in [1.165, 1.54) is 6.21 Å². The number of rotatable bonds is 6. The van der Waals surface area contributed by atoms with E-state index >= 15 is 0 Å². The Morgan fingerprint density at radius 3 is 2.79 bits per heavy atom. The maximum absolute atomic E-state index is 12.4. The molecule has 0 aliphatic carbocycles. The van der Waals surface area contributed by atoms with Gasteiger partial charge in [0.05, 0.1) is 12.8 Å². The van der Waals surface area contributed by atoms with E-state index in [-0.39, 0.29) is 6.54 Å². The molecule has 2 aromatic rings. The number of halogens is 3. The van der Waals surface area contributed by atoms with E-state index in [2.05, 4.69) is 15.6 Å². The van der Waals surface area contributed by atoms with E-state index in [1.54, 1.807) is 24.3 Å². The fourth-order valence-electron chi connectivity index (χ4n) is 1.83. The van der Waals surface area contributed by atoms with Gasteiger partial charge in [0.25, 0.3) is 5.91 Å². The minimum absolute atomic E-state index is 0.374. The molecule has 0 aliphatic heterocycles. The topological polar surface area (TPSA) is 68.5 Å². The number of ether oxygens (including phenoxy) is 1. The van der Waals surface area contributed by atoms with Gasteiger partial charge in [0.15, 0.2) is 5.69 Å². The van der Waals surface area contributed by atoms with Crippen molar-refractivity contribution in [2.24, 2.45) is 5.10 Å². The number of hydrogen-bond donors (Lipinski definition) is 1. The molecule has 0 atom stereocenters. The van der Waals surface area contributed by atoms with Gasteiger partial charge in [-0.2, -0.15) is 23.4 Å². The third-order valence-corrected chi connectivity index (χ3v) is 2.85. The Morgan fingerprint density at radius 2 is 2.12 bits per heavy atom. The number of benzene rings is 1. The fraction of sp³-hybridized carbons (Fsp3) is 0.267. The standard InChI is InChI=1S/C15H15F3N4O2/c1-2-24-12-6-4-3-5-11(12)9-19-20-14(23)10-22-8-7-13(21-22)15(16,17)18/h3-9H,2,10H2,1H3,(H,20,23)/b19-9-. The van der Waals surface area contributed by atoms with E-state index in [4.69, 9.17) is 4.74 Å². The molecule has 1 amide bonds. The first-order chi connectivity index (χ1) is 11.4. The summed E-state index contributed by atoms with van der Waals surface area (Å²) in [5, 5.41) is 7.05. The molecule has 0 spiro atoms. The SMILES string of the molecule is CCOc1ccccc1/C=N\NC(=O)Cn1ccc(C(F)(F)F)n1. The van der Waals surface area contributed by atoms with Crippen molar-refractivity contribution in [2.75, 3.05) is 6.61 Å². The highest BCUT2D eigenvalue weighted by molar-refractivity contribution is 5.85. The molecule has 24 heavy (non-hydrogen) atoms. The van der Waals surface area contributed by atoms with Crippen LogP contribution in [-0.2, 0) is 17.5 Å². The molecule has 1 N–H and O–H groups in total. The number of para-hydroxylation sites is 1. The van der Waals surface area contributed by atoms with Gasteiger partial charge in [-0.15, -0.1) is 0 Å². The third kappa shape index (κ3) is 4.83. The molecule has 1 heterocycles. The van der Waals surface area contributed by atoms with Crippen LogP contribution < -0.4 is 10.2 Å². The van der Waals surface area contributed by atoms with Crippen LogP contribution in [0.5, 0.6) is 5.75 Å². The van der Waals surface area contributed by atoms with Crippen LogP contribution in [0.4, 0.5) is 13.2 Å². The highest BCUT2D eigenvalue weighted by Gasteiger charge is 2.33. The van der Waals surface area contributed by atoms with Crippen LogP contribution in [0.15, 0.2) is 41.6 Å². The maximum Gasteiger partial charge on any atom is 0.435 e. The summed E-state index contributed by atoms with van der Waals surface area (Å²) in [4.78, 5) is 11.7. The second kappa shape index (κ2) is 7.62. The van der Waals surface area contributed by atoms with Gasteiger partial charge in [-0.3, -0.25) is 9.48 Å². The number of amides is 1. The summed E-state index contributed by atoms with van der Waals surface area (Å²) in [7, 11) is 0. The Hall–Kier alpha value is -2.84. The van der Waals surface area contributed by atoms with Crippen LogP contribution in [0.3, 0.4) is 0 Å². The molecule has 0 aliphatic rings. The first kappa shape index (κ1) is 17.5. The lowest BCUT2D eigenvalue weighted by atomic mass is 10.2. The molecular formula is C15H15F3N4O2. The monoisotopic (exact) mass is 340 g/mol. The average Bonchev–Trinajstić information content (AvgIpc) is 2.98. The third-order valence-electron chi connectivity index (χ3n) is 2.85. The van der Waals surface area contributed by atoms with Crippen LogP contribution in [-0.4, -0.2) is 28.5 Å². The molecule has 2 rings (SSSR count). The van der Waals surface area contributed by atoms with Crippen molar-refractivity contribution in [2.45, 2.75) is 19.6 Å². The van der Waals surface area contributed by atoms with Crippen LogP contribution in [0.2, 0.25) is 0 Å². The van der Waals surface area contributed by atoms with Crippen LogP contribution in [0, 0.1) is 0 Å². The van der Waals surface area contributed by atoms with Crippen molar-refractivity contribution < 1.29 is 22.7 Å². The summed E-state index contributed by atoms with van der Waals surface area (Å²) in [5.41, 5.74) is 1.84. The molecule has 1 aromatic heterocycles. The van der Waals surface area contributed by atoms with Crippen LogP contribution >= 0.6 is 0 Å². The second-order valence-electron chi connectivity index (χ2n) is 4.66. The summed E-state index contributed by atoms with van der Waals surface area (Å²) in [5.74, 6) is 0.0110. The van der Waals surface area contributed by atoms with Gasteiger partial charge in [-0.25, -0.2) is 5.43 Å². The normalized spacial score (nSPS) is 11.7. The predicted octanol–water partition coefficient (Wildman–Crippen LogP) is 2.45. The molecule has 0 radical (unpaired) electrons. The zero-order chi connectivity index (χ0) is 17.6. The molecular weight excluding hydrogens is 325 g/mol. The molecule has 0 saturated heterocycles. The first-order valence-electron chi connectivity index (χ1n) is 7.04. The molecule has 0 fully saturated rings. The van der Waals surface area contributed by atoms with Crippen molar-refractivity contribution in [1.82, 2.24) is 15.2 Å². The quantitative estimate of drug-likeness (QED) is 0.649. The lowest BCUT2D eigenvalue weighted by Gasteiger charge is -2.06. The zero-order valence-electron chi connectivity index (χ0n) is 12.7. The van der Waals surface area contributed by atoms with Crippen molar-refractivity contribution in [3.8, 4) is 5.75 Å². The molecule has 1 aromatic carbocycles. The van der Waals surface area contributed by atoms with Crippen molar-refractivity contribution >= 4 is 12.1 Å². The summed E-state index contributed by atoms with van der Waals surface area (Å²) in [6.45, 7) is 1.95. The van der Waals surface area contributed by atoms with E-state index in [1.807, 2.05) is 6.92 Å². The Balaban J connectivity index is 1.93. The van der Waals surface area contributed by atoms with Crippen molar-refractivity contribution in [3.63, 3.8) is 0 Å². The number of hydrogen-bond acceptors (Lipinski definition) is 4. The summed E-state index contributed by atoms with van der Waals surface area (Å²) < 4.78 is 43.5. The maximum atomic E-state index is 12.4. The van der Waals surface area contributed by atoms with E-state index in [0.717, 1.165) is 16.9 Å². The van der Waals surface area contributed by atoms with E-state index < -0.39 is 17.8 Å².